The Balaban J connectivity index is 1.80. The van der Waals surface area contributed by atoms with Crippen molar-refractivity contribution in [3.8, 4) is 11.4 Å². The number of benzene rings is 1. The van der Waals surface area contributed by atoms with Crippen LogP contribution in [0.5, 0.6) is 0 Å². The van der Waals surface area contributed by atoms with Gasteiger partial charge < -0.3 is 4.98 Å². The lowest BCUT2D eigenvalue weighted by Crippen LogP contribution is -2.00. The average Bonchev–Trinajstić information content (AvgIpc) is 3.18. The van der Waals surface area contributed by atoms with Gasteiger partial charge >= 0.3 is 0 Å². The van der Waals surface area contributed by atoms with Crippen LogP contribution >= 0.6 is 11.3 Å². The number of nitrogens with one attached hydrogen (secondary N) is 1. The number of aromatic amines is 1. The first-order valence-electron chi connectivity index (χ1n) is 6.60. The molecule has 0 atom stereocenters. The van der Waals surface area contributed by atoms with E-state index in [1.54, 1.807) is 22.2 Å². The molecule has 4 aromatic rings. The Labute approximate surface area is 128 Å². The van der Waals surface area contributed by atoms with Gasteiger partial charge in [0.25, 0.3) is 0 Å². The molecule has 4 nitrogen and oxygen atoms in total. The topological polar surface area (TPSA) is 46.5 Å². The van der Waals surface area contributed by atoms with E-state index in [1.165, 1.54) is 18.2 Å². The molecule has 0 unspecified atom stereocenters. The summed E-state index contributed by atoms with van der Waals surface area (Å²) >= 11 is 1.62. The summed E-state index contributed by atoms with van der Waals surface area (Å²) in [6.45, 7) is 0.575. The summed E-state index contributed by atoms with van der Waals surface area (Å²) in [6.07, 6.45) is 1.61. The number of hydrogen-bond donors (Lipinski definition) is 1. The molecule has 0 aliphatic rings. The van der Waals surface area contributed by atoms with Crippen LogP contribution in [0.2, 0.25) is 0 Å². The Bertz CT molecular complexity index is 920. The van der Waals surface area contributed by atoms with Crippen LogP contribution in [0.25, 0.3) is 22.6 Å². The van der Waals surface area contributed by atoms with E-state index in [1.807, 2.05) is 17.5 Å². The summed E-state index contributed by atoms with van der Waals surface area (Å²) in [5, 5.41) is 6.24. The second kappa shape index (κ2) is 5.03. The first kappa shape index (κ1) is 13.1. The van der Waals surface area contributed by atoms with Gasteiger partial charge in [0.15, 0.2) is 5.65 Å². The second-order valence-electron chi connectivity index (χ2n) is 4.80. The van der Waals surface area contributed by atoms with Gasteiger partial charge in [-0.3, -0.25) is 0 Å². The minimum atomic E-state index is -0.644. The smallest absolute Gasteiger partial charge is 0.177 e. The van der Waals surface area contributed by atoms with Crippen molar-refractivity contribution < 1.29 is 8.78 Å². The molecule has 0 saturated heterocycles. The maximum atomic E-state index is 13.9. The van der Waals surface area contributed by atoms with Crippen LogP contribution in [-0.4, -0.2) is 19.7 Å². The van der Waals surface area contributed by atoms with Gasteiger partial charge in [-0.25, -0.2) is 18.4 Å². The number of rotatable bonds is 3. The van der Waals surface area contributed by atoms with E-state index in [0.717, 1.165) is 4.88 Å². The first-order chi connectivity index (χ1) is 10.7. The number of halogens is 2. The van der Waals surface area contributed by atoms with E-state index in [2.05, 4.69) is 15.1 Å². The van der Waals surface area contributed by atoms with Crippen LogP contribution in [-0.2, 0) is 6.54 Å². The molecule has 0 bridgehead atoms. The SMILES string of the molecule is Fc1cccc(F)c1-c1nc2c(cnn2Cc2cccs2)[nH]1. The normalized spacial score (nSPS) is 11.4. The quantitative estimate of drug-likeness (QED) is 0.624. The third kappa shape index (κ3) is 2.10. The van der Waals surface area contributed by atoms with E-state index in [9.17, 15) is 8.78 Å². The highest BCUT2D eigenvalue weighted by atomic mass is 32.1. The molecule has 110 valence electrons. The Morgan fingerprint density at radius 1 is 1.14 bits per heavy atom. The zero-order valence-electron chi connectivity index (χ0n) is 11.3. The lowest BCUT2D eigenvalue weighted by atomic mass is 10.2. The molecule has 0 saturated carbocycles. The minimum absolute atomic E-state index is 0.152. The van der Waals surface area contributed by atoms with Gasteiger partial charge in [-0.15, -0.1) is 11.3 Å². The highest BCUT2D eigenvalue weighted by Gasteiger charge is 2.17. The minimum Gasteiger partial charge on any atom is -0.335 e. The molecule has 0 fully saturated rings. The molecule has 0 aliphatic carbocycles. The number of H-pyrrole nitrogens is 1. The van der Waals surface area contributed by atoms with Crippen LogP contribution in [0.4, 0.5) is 8.78 Å². The zero-order chi connectivity index (χ0) is 15.1. The monoisotopic (exact) mass is 316 g/mol. The van der Waals surface area contributed by atoms with Crippen molar-refractivity contribution in [2.75, 3.05) is 0 Å². The number of imidazole rings is 1. The molecule has 0 amide bonds. The van der Waals surface area contributed by atoms with Crippen molar-refractivity contribution in [2.45, 2.75) is 6.54 Å². The second-order valence-corrected chi connectivity index (χ2v) is 5.83. The number of aromatic nitrogens is 4. The van der Waals surface area contributed by atoms with Crippen molar-refractivity contribution in [2.24, 2.45) is 0 Å². The van der Waals surface area contributed by atoms with E-state index in [-0.39, 0.29) is 11.4 Å². The molecule has 1 N–H and O–H groups in total. The average molecular weight is 316 g/mol. The Morgan fingerprint density at radius 2 is 1.95 bits per heavy atom. The third-order valence-electron chi connectivity index (χ3n) is 3.37. The molecular weight excluding hydrogens is 306 g/mol. The summed E-state index contributed by atoms with van der Waals surface area (Å²) in [4.78, 5) is 8.37. The third-order valence-corrected chi connectivity index (χ3v) is 4.23. The Kier molecular flexibility index (Phi) is 3.00. The van der Waals surface area contributed by atoms with Crippen LogP contribution < -0.4 is 0 Å². The Hall–Kier alpha value is -2.54. The van der Waals surface area contributed by atoms with Crippen LogP contribution in [0, 0.1) is 11.6 Å². The van der Waals surface area contributed by atoms with Crippen molar-refractivity contribution in [3.63, 3.8) is 0 Å². The Morgan fingerprint density at radius 3 is 2.68 bits per heavy atom. The van der Waals surface area contributed by atoms with Gasteiger partial charge in [0, 0.05) is 4.88 Å². The predicted molar refractivity (Wildman–Crippen MR) is 80.7 cm³/mol. The van der Waals surface area contributed by atoms with Crippen molar-refractivity contribution in [3.05, 3.63) is 58.4 Å². The van der Waals surface area contributed by atoms with E-state index < -0.39 is 11.6 Å². The molecular formula is C15H10F2N4S. The predicted octanol–water partition coefficient (Wildman–Crippen LogP) is 3.81. The molecule has 1 aromatic carbocycles. The first-order valence-corrected chi connectivity index (χ1v) is 7.48. The number of fused-ring (bicyclic) bond motifs is 1. The fraction of sp³-hybridized carbons (Fsp3) is 0.0667. The molecule has 0 aliphatic heterocycles. The molecule has 3 aromatic heterocycles. The molecule has 0 spiro atoms. The zero-order valence-corrected chi connectivity index (χ0v) is 12.1. The highest BCUT2D eigenvalue weighted by molar-refractivity contribution is 7.09. The standard InChI is InChI=1S/C15H10F2N4S/c16-10-4-1-5-11(17)13(10)14-19-12-7-18-21(15(12)20-14)8-9-3-2-6-22-9/h1-7H,8H2,(H,19,20). The summed E-state index contributed by atoms with van der Waals surface area (Å²) in [6, 6.07) is 7.72. The summed E-state index contributed by atoms with van der Waals surface area (Å²) in [7, 11) is 0. The van der Waals surface area contributed by atoms with Crippen molar-refractivity contribution >= 4 is 22.5 Å². The lowest BCUT2D eigenvalue weighted by molar-refractivity contribution is 0.588. The molecule has 22 heavy (non-hydrogen) atoms. The van der Waals surface area contributed by atoms with Gasteiger partial charge in [0.2, 0.25) is 0 Å². The van der Waals surface area contributed by atoms with Gasteiger partial charge in [0.1, 0.15) is 23.0 Å². The highest BCUT2D eigenvalue weighted by Crippen LogP contribution is 2.26. The van der Waals surface area contributed by atoms with Crippen molar-refractivity contribution in [1.29, 1.82) is 0 Å². The van der Waals surface area contributed by atoms with Gasteiger partial charge in [-0.05, 0) is 23.6 Å². The summed E-state index contributed by atoms with van der Waals surface area (Å²) in [5.74, 6) is -1.12. The number of thiophene rings is 1. The van der Waals surface area contributed by atoms with E-state index in [4.69, 9.17) is 0 Å². The van der Waals surface area contributed by atoms with E-state index in [0.29, 0.717) is 17.7 Å². The van der Waals surface area contributed by atoms with Crippen LogP contribution in [0.1, 0.15) is 4.88 Å². The van der Waals surface area contributed by atoms with Crippen molar-refractivity contribution in [1.82, 2.24) is 19.7 Å². The summed E-state index contributed by atoms with van der Waals surface area (Å²) in [5.41, 5.74) is 1.07. The largest absolute Gasteiger partial charge is 0.335 e. The molecule has 4 rings (SSSR count). The fourth-order valence-electron chi connectivity index (χ4n) is 2.35. The van der Waals surface area contributed by atoms with Crippen LogP contribution in [0.3, 0.4) is 0 Å². The number of nitrogens with zero attached hydrogens (tertiary/aromatic N) is 3. The van der Waals surface area contributed by atoms with Gasteiger partial charge in [-0.1, -0.05) is 12.1 Å². The van der Waals surface area contributed by atoms with Gasteiger partial charge in [-0.2, -0.15) is 5.10 Å². The van der Waals surface area contributed by atoms with E-state index >= 15 is 0 Å². The molecule has 0 radical (unpaired) electrons. The fourth-order valence-corrected chi connectivity index (χ4v) is 3.04. The lowest BCUT2D eigenvalue weighted by Gasteiger charge is -2.01. The van der Waals surface area contributed by atoms with Gasteiger partial charge in [0.05, 0.1) is 18.3 Å². The maximum Gasteiger partial charge on any atom is 0.177 e. The number of hydrogen-bond acceptors (Lipinski definition) is 3. The maximum absolute atomic E-state index is 13.9. The molecule has 7 heteroatoms. The van der Waals surface area contributed by atoms with Crippen LogP contribution in [0.15, 0.2) is 41.9 Å². The molecule has 3 heterocycles. The summed E-state index contributed by atoms with van der Waals surface area (Å²) < 4.78 is 29.4.